The molecule has 6 nitrogen and oxygen atoms in total. The molecule has 0 aliphatic rings. The van der Waals surface area contributed by atoms with Crippen LogP contribution in [0.25, 0.3) is 10.9 Å². The molecule has 3 aromatic rings. The van der Waals surface area contributed by atoms with Crippen LogP contribution in [-0.4, -0.2) is 25.9 Å². The molecule has 0 spiro atoms. The van der Waals surface area contributed by atoms with Crippen molar-refractivity contribution in [3.05, 3.63) is 42.2 Å². The predicted molar refractivity (Wildman–Crippen MR) is 67.1 cm³/mol. The van der Waals surface area contributed by atoms with Crippen molar-refractivity contribution in [1.82, 2.24) is 20.0 Å². The Morgan fingerprint density at radius 3 is 2.94 bits per heavy atom. The van der Waals surface area contributed by atoms with Gasteiger partial charge in [0, 0.05) is 17.3 Å². The minimum atomic E-state index is -0.146. The summed E-state index contributed by atoms with van der Waals surface area (Å²) in [5.41, 5.74) is 7.25. The van der Waals surface area contributed by atoms with Gasteiger partial charge in [-0.25, -0.2) is 0 Å². The van der Waals surface area contributed by atoms with Crippen molar-refractivity contribution >= 4 is 22.6 Å². The lowest BCUT2D eigenvalue weighted by Crippen LogP contribution is -2.15. The minimum Gasteiger partial charge on any atom is -0.382 e. The summed E-state index contributed by atoms with van der Waals surface area (Å²) in [6.07, 6.45) is 1.82. The molecule has 0 radical (unpaired) electrons. The van der Waals surface area contributed by atoms with Crippen molar-refractivity contribution < 1.29 is 4.79 Å². The lowest BCUT2D eigenvalue weighted by molar-refractivity contribution is 0.0903. The molecule has 6 heteroatoms. The number of nitrogen functional groups attached to an aromatic ring is 1. The van der Waals surface area contributed by atoms with Crippen molar-refractivity contribution in [3.8, 4) is 0 Å². The Balaban J connectivity index is 2.01. The number of aromatic amines is 1. The monoisotopic (exact) mass is 241 g/mol. The Morgan fingerprint density at radius 2 is 2.17 bits per heavy atom. The first kappa shape index (κ1) is 10.5. The second-order valence-electron chi connectivity index (χ2n) is 3.97. The van der Waals surface area contributed by atoms with Gasteiger partial charge in [0.05, 0.1) is 11.9 Å². The summed E-state index contributed by atoms with van der Waals surface area (Å²) in [6.45, 7) is 0. The van der Waals surface area contributed by atoms with Gasteiger partial charge < -0.3 is 5.73 Å². The highest BCUT2D eigenvalue weighted by atomic mass is 16.2. The molecule has 2 aromatic heterocycles. The fourth-order valence-electron chi connectivity index (χ4n) is 1.90. The Morgan fingerprint density at radius 1 is 1.33 bits per heavy atom. The number of nitrogens with zero attached hydrogens (tertiary/aromatic N) is 3. The molecule has 0 atom stereocenters. The van der Waals surface area contributed by atoms with E-state index in [0.29, 0.717) is 5.82 Å². The summed E-state index contributed by atoms with van der Waals surface area (Å²) in [5.74, 6) is 0.218. The van der Waals surface area contributed by atoms with E-state index in [9.17, 15) is 4.79 Å². The molecule has 0 amide bonds. The summed E-state index contributed by atoms with van der Waals surface area (Å²) < 4.78 is 1.34. The van der Waals surface area contributed by atoms with Crippen molar-refractivity contribution in [2.24, 2.45) is 0 Å². The fourth-order valence-corrected chi connectivity index (χ4v) is 1.90. The molecule has 3 rings (SSSR count). The van der Waals surface area contributed by atoms with E-state index >= 15 is 0 Å². The minimum absolute atomic E-state index is 0.146. The topological polar surface area (TPSA) is 89.6 Å². The van der Waals surface area contributed by atoms with Crippen LogP contribution >= 0.6 is 0 Å². The van der Waals surface area contributed by atoms with E-state index in [1.807, 2.05) is 24.3 Å². The molecule has 2 heterocycles. The number of carbonyl (C=O) groups excluding carboxylic acids is 1. The quantitative estimate of drug-likeness (QED) is 0.706. The molecule has 90 valence electrons. The molecule has 18 heavy (non-hydrogen) atoms. The number of nitrogens with one attached hydrogen (secondary N) is 1. The molecule has 3 N–H and O–H groups in total. The first-order valence-corrected chi connectivity index (χ1v) is 5.50. The number of nitrogens with two attached hydrogens (primary N) is 1. The number of H-pyrrole nitrogens is 1. The Labute approximate surface area is 102 Å². The van der Waals surface area contributed by atoms with Gasteiger partial charge in [0.15, 0.2) is 5.82 Å². The van der Waals surface area contributed by atoms with E-state index in [0.717, 1.165) is 16.6 Å². The summed E-state index contributed by atoms with van der Waals surface area (Å²) in [6, 6.07) is 9.14. The number of hydrogen-bond acceptors (Lipinski definition) is 4. The third-order valence-electron chi connectivity index (χ3n) is 2.75. The molecule has 0 unspecified atom stereocenters. The van der Waals surface area contributed by atoms with Crippen LogP contribution in [0, 0.1) is 0 Å². The smallest absolute Gasteiger partial charge is 0.253 e. The van der Waals surface area contributed by atoms with Crippen LogP contribution in [0.4, 0.5) is 5.82 Å². The zero-order valence-corrected chi connectivity index (χ0v) is 9.50. The molecule has 0 aliphatic heterocycles. The summed E-state index contributed by atoms with van der Waals surface area (Å²) in [4.78, 5) is 12.1. The Bertz CT molecular complexity index is 698. The third kappa shape index (κ3) is 1.64. The van der Waals surface area contributed by atoms with Crippen LogP contribution in [0.3, 0.4) is 0 Å². The second-order valence-corrected chi connectivity index (χ2v) is 3.97. The van der Waals surface area contributed by atoms with Gasteiger partial charge in [-0.3, -0.25) is 9.89 Å². The van der Waals surface area contributed by atoms with E-state index in [1.165, 1.54) is 4.68 Å². The average Bonchev–Trinajstić information content (AvgIpc) is 2.98. The SMILES string of the molecule is Nc1nn(C(=O)Cc2ccn[nH]2)c2ccccc12. The van der Waals surface area contributed by atoms with Crippen LogP contribution in [0.1, 0.15) is 10.5 Å². The summed E-state index contributed by atoms with van der Waals surface area (Å²) in [7, 11) is 0. The maximum Gasteiger partial charge on any atom is 0.253 e. The van der Waals surface area contributed by atoms with Gasteiger partial charge in [0.2, 0.25) is 0 Å². The predicted octanol–water partition coefficient (Wildman–Crippen LogP) is 1.22. The second kappa shape index (κ2) is 3.99. The standard InChI is InChI=1S/C12H11N5O/c13-12-9-3-1-2-4-10(9)17(16-12)11(18)7-8-5-6-14-15-8/h1-6H,7H2,(H2,13,16)(H,14,15). The number of benzene rings is 1. The normalized spacial score (nSPS) is 10.9. The number of fused-ring (bicyclic) bond motifs is 1. The Hall–Kier alpha value is -2.63. The van der Waals surface area contributed by atoms with Gasteiger partial charge in [0.1, 0.15) is 0 Å². The lowest BCUT2D eigenvalue weighted by atomic mass is 10.2. The largest absolute Gasteiger partial charge is 0.382 e. The van der Waals surface area contributed by atoms with Gasteiger partial charge in [-0.15, -0.1) is 5.10 Å². The summed E-state index contributed by atoms with van der Waals surface area (Å²) in [5, 5.41) is 11.4. The number of anilines is 1. The van der Waals surface area contributed by atoms with Crippen LogP contribution in [-0.2, 0) is 6.42 Å². The van der Waals surface area contributed by atoms with E-state index in [-0.39, 0.29) is 12.3 Å². The van der Waals surface area contributed by atoms with Crippen molar-refractivity contribution in [1.29, 1.82) is 0 Å². The molecule has 0 saturated carbocycles. The molecule has 0 fully saturated rings. The van der Waals surface area contributed by atoms with Gasteiger partial charge in [0.25, 0.3) is 5.91 Å². The zero-order chi connectivity index (χ0) is 12.5. The van der Waals surface area contributed by atoms with Crippen LogP contribution < -0.4 is 5.73 Å². The highest BCUT2D eigenvalue weighted by molar-refractivity contribution is 5.96. The number of rotatable bonds is 2. The maximum absolute atomic E-state index is 12.1. The fraction of sp³-hybridized carbons (Fsp3) is 0.0833. The van der Waals surface area contributed by atoms with Crippen LogP contribution in [0.5, 0.6) is 0 Å². The van der Waals surface area contributed by atoms with Crippen molar-refractivity contribution in [2.75, 3.05) is 5.73 Å². The first-order chi connectivity index (χ1) is 8.75. The molecule has 1 aromatic carbocycles. The van der Waals surface area contributed by atoms with Crippen molar-refractivity contribution in [3.63, 3.8) is 0 Å². The van der Waals surface area contributed by atoms with E-state index in [1.54, 1.807) is 12.3 Å². The first-order valence-electron chi connectivity index (χ1n) is 5.50. The highest BCUT2D eigenvalue weighted by Crippen LogP contribution is 2.20. The Kier molecular flexibility index (Phi) is 2.33. The number of hydrogen-bond donors (Lipinski definition) is 2. The van der Waals surface area contributed by atoms with E-state index in [4.69, 9.17) is 5.73 Å². The molecular formula is C12H11N5O. The lowest BCUT2D eigenvalue weighted by Gasteiger charge is -2.00. The van der Waals surface area contributed by atoms with Gasteiger partial charge in [-0.1, -0.05) is 12.1 Å². The molecular weight excluding hydrogens is 230 g/mol. The zero-order valence-electron chi connectivity index (χ0n) is 9.50. The summed E-state index contributed by atoms with van der Waals surface area (Å²) >= 11 is 0. The van der Waals surface area contributed by atoms with E-state index < -0.39 is 0 Å². The third-order valence-corrected chi connectivity index (χ3v) is 2.75. The van der Waals surface area contributed by atoms with E-state index in [2.05, 4.69) is 15.3 Å². The number of para-hydroxylation sites is 1. The average molecular weight is 241 g/mol. The molecule has 0 saturated heterocycles. The maximum atomic E-state index is 12.1. The number of aromatic nitrogens is 4. The highest BCUT2D eigenvalue weighted by Gasteiger charge is 2.14. The number of carbonyl (C=O) groups is 1. The van der Waals surface area contributed by atoms with Gasteiger partial charge in [-0.2, -0.15) is 9.78 Å². The van der Waals surface area contributed by atoms with Gasteiger partial charge in [-0.05, 0) is 18.2 Å². The molecule has 0 bridgehead atoms. The molecule has 0 aliphatic carbocycles. The van der Waals surface area contributed by atoms with Crippen LogP contribution in [0.15, 0.2) is 36.5 Å². The van der Waals surface area contributed by atoms with Crippen LogP contribution in [0.2, 0.25) is 0 Å². The van der Waals surface area contributed by atoms with Crippen molar-refractivity contribution in [2.45, 2.75) is 6.42 Å². The van der Waals surface area contributed by atoms with Gasteiger partial charge >= 0.3 is 0 Å².